The summed E-state index contributed by atoms with van der Waals surface area (Å²) in [6, 6.07) is 7.78. The van der Waals surface area contributed by atoms with Gasteiger partial charge in [-0.1, -0.05) is 12.1 Å². The van der Waals surface area contributed by atoms with Crippen LogP contribution in [0.4, 0.5) is 0 Å². The summed E-state index contributed by atoms with van der Waals surface area (Å²) in [6.45, 7) is 0. The number of aromatic amines is 1. The predicted octanol–water partition coefficient (Wildman–Crippen LogP) is 1.35. The topological polar surface area (TPSA) is 89.1 Å². The van der Waals surface area contributed by atoms with Crippen molar-refractivity contribution >= 4 is 22.0 Å². The maximum Gasteiger partial charge on any atom is 0.264 e. The summed E-state index contributed by atoms with van der Waals surface area (Å²) in [6.07, 6.45) is 4.50. The molecule has 2 rings (SSSR count). The standard InChI is InChI=1S/C14H14N2O4S/c1-20-12-7-4-10(9-13(12)21(2,18)19)3-5-11-6-8-14(17)16-15-11/h3-9H,1-2H3,(H,16,17). The fraction of sp³-hybridized carbons (Fsp3) is 0.143. The third kappa shape index (κ3) is 3.79. The first-order chi connectivity index (χ1) is 9.90. The normalized spacial score (nSPS) is 11.7. The highest BCUT2D eigenvalue weighted by molar-refractivity contribution is 7.90. The number of aromatic nitrogens is 2. The summed E-state index contributed by atoms with van der Waals surface area (Å²) in [7, 11) is -1.96. The highest BCUT2D eigenvalue weighted by atomic mass is 32.2. The molecular formula is C14H14N2O4S. The largest absolute Gasteiger partial charge is 0.495 e. The van der Waals surface area contributed by atoms with Gasteiger partial charge in [0.15, 0.2) is 9.84 Å². The molecule has 21 heavy (non-hydrogen) atoms. The van der Waals surface area contributed by atoms with Gasteiger partial charge >= 0.3 is 0 Å². The van der Waals surface area contributed by atoms with Crippen LogP contribution in [0.5, 0.6) is 5.75 Å². The first-order valence-electron chi connectivity index (χ1n) is 6.02. The van der Waals surface area contributed by atoms with Crippen LogP contribution in [0, 0.1) is 0 Å². The van der Waals surface area contributed by atoms with Crippen molar-refractivity contribution in [2.45, 2.75) is 4.90 Å². The van der Waals surface area contributed by atoms with Crippen LogP contribution in [0.25, 0.3) is 12.2 Å². The minimum absolute atomic E-state index is 0.126. The fourth-order valence-electron chi connectivity index (χ4n) is 1.72. The number of sulfone groups is 1. The van der Waals surface area contributed by atoms with E-state index in [-0.39, 0.29) is 10.5 Å². The predicted molar refractivity (Wildman–Crippen MR) is 79.9 cm³/mol. The second-order valence-electron chi connectivity index (χ2n) is 4.36. The van der Waals surface area contributed by atoms with Crippen LogP contribution in [0.1, 0.15) is 11.3 Å². The first kappa shape index (κ1) is 15.0. The van der Waals surface area contributed by atoms with Crippen LogP contribution in [0.3, 0.4) is 0 Å². The zero-order valence-electron chi connectivity index (χ0n) is 11.5. The van der Waals surface area contributed by atoms with E-state index in [1.54, 1.807) is 30.4 Å². The third-order valence-electron chi connectivity index (χ3n) is 2.73. The van der Waals surface area contributed by atoms with Crippen LogP contribution in [0.15, 0.2) is 40.0 Å². The summed E-state index contributed by atoms with van der Waals surface area (Å²) in [5.74, 6) is 0.303. The second kappa shape index (κ2) is 5.92. The van der Waals surface area contributed by atoms with Crippen LogP contribution < -0.4 is 10.3 Å². The van der Waals surface area contributed by atoms with Gasteiger partial charge in [0.25, 0.3) is 5.56 Å². The summed E-state index contributed by atoms with van der Waals surface area (Å²) in [5.41, 5.74) is 0.964. The van der Waals surface area contributed by atoms with Gasteiger partial charge in [0, 0.05) is 12.3 Å². The van der Waals surface area contributed by atoms with Crippen LogP contribution in [-0.4, -0.2) is 32.0 Å². The average Bonchev–Trinajstić information content (AvgIpc) is 2.45. The van der Waals surface area contributed by atoms with Crippen LogP contribution in [-0.2, 0) is 9.84 Å². The van der Waals surface area contributed by atoms with Gasteiger partial charge in [0.1, 0.15) is 10.6 Å². The second-order valence-corrected chi connectivity index (χ2v) is 6.35. The Morgan fingerprint density at radius 3 is 2.52 bits per heavy atom. The smallest absolute Gasteiger partial charge is 0.264 e. The minimum atomic E-state index is -3.38. The Labute approximate surface area is 122 Å². The summed E-state index contributed by atoms with van der Waals surface area (Å²) < 4.78 is 28.5. The number of rotatable bonds is 4. The quantitative estimate of drug-likeness (QED) is 0.921. The van der Waals surface area contributed by atoms with Crippen LogP contribution in [0.2, 0.25) is 0 Å². The molecule has 0 radical (unpaired) electrons. The van der Waals surface area contributed by atoms with Gasteiger partial charge in [-0.3, -0.25) is 4.79 Å². The molecule has 0 fully saturated rings. The monoisotopic (exact) mass is 306 g/mol. The van der Waals surface area contributed by atoms with Crippen molar-refractivity contribution in [3.05, 3.63) is 51.9 Å². The number of methoxy groups -OCH3 is 1. The Hall–Kier alpha value is -2.41. The number of nitrogens with zero attached hydrogens (tertiary/aromatic N) is 1. The zero-order chi connectivity index (χ0) is 15.5. The Bertz CT molecular complexity index is 818. The van der Waals surface area contributed by atoms with Crippen molar-refractivity contribution in [3.63, 3.8) is 0 Å². The maximum atomic E-state index is 11.7. The molecule has 7 heteroatoms. The lowest BCUT2D eigenvalue weighted by Crippen LogP contribution is -2.05. The molecule has 110 valence electrons. The molecule has 1 N–H and O–H groups in total. The molecule has 6 nitrogen and oxygen atoms in total. The number of hydrogen-bond donors (Lipinski definition) is 1. The fourth-order valence-corrected chi connectivity index (χ4v) is 2.58. The van der Waals surface area contributed by atoms with E-state index in [2.05, 4.69) is 10.2 Å². The SMILES string of the molecule is COc1ccc(C=Cc2ccc(=O)[nH]n2)cc1S(C)(=O)=O. The van der Waals surface area contributed by atoms with Crippen molar-refractivity contribution in [2.24, 2.45) is 0 Å². The molecule has 1 aromatic heterocycles. The summed E-state index contributed by atoms with van der Waals surface area (Å²) >= 11 is 0. The van der Waals surface area contributed by atoms with E-state index in [1.165, 1.54) is 19.2 Å². The zero-order valence-corrected chi connectivity index (χ0v) is 12.3. The average molecular weight is 306 g/mol. The van der Waals surface area contributed by atoms with E-state index < -0.39 is 9.84 Å². The third-order valence-corrected chi connectivity index (χ3v) is 3.85. The van der Waals surface area contributed by atoms with Gasteiger partial charge in [-0.05, 0) is 29.8 Å². The van der Waals surface area contributed by atoms with Crippen molar-refractivity contribution in [2.75, 3.05) is 13.4 Å². The molecule has 0 aliphatic carbocycles. The van der Waals surface area contributed by atoms with Gasteiger partial charge in [-0.15, -0.1) is 0 Å². The Balaban J connectivity index is 2.37. The van der Waals surface area contributed by atoms with Crippen molar-refractivity contribution < 1.29 is 13.2 Å². The van der Waals surface area contributed by atoms with E-state index in [4.69, 9.17) is 4.74 Å². The number of ether oxygens (including phenoxy) is 1. The van der Waals surface area contributed by atoms with Gasteiger partial charge < -0.3 is 4.74 Å². The van der Waals surface area contributed by atoms with Crippen molar-refractivity contribution in [1.29, 1.82) is 0 Å². The Morgan fingerprint density at radius 1 is 1.19 bits per heavy atom. The lowest BCUT2D eigenvalue weighted by Gasteiger charge is -2.07. The van der Waals surface area contributed by atoms with Gasteiger partial charge in [0.2, 0.25) is 0 Å². The molecule has 0 unspecified atom stereocenters. The minimum Gasteiger partial charge on any atom is -0.495 e. The van der Waals surface area contributed by atoms with Gasteiger partial charge in [-0.25, -0.2) is 13.5 Å². The van der Waals surface area contributed by atoms with E-state index in [9.17, 15) is 13.2 Å². The van der Waals surface area contributed by atoms with Gasteiger partial charge in [-0.2, -0.15) is 5.10 Å². The van der Waals surface area contributed by atoms with E-state index in [0.717, 1.165) is 6.26 Å². The molecule has 0 spiro atoms. The van der Waals surface area contributed by atoms with E-state index >= 15 is 0 Å². The van der Waals surface area contributed by atoms with Crippen molar-refractivity contribution in [1.82, 2.24) is 10.2 Å². The Kier molecular flexibility index (Phi) is 4.23. The van der Waals surface area contributed by atoms with Crippen molar-refractivity contribution in [3.8, 4) is 5.75 Å². The first-order valence-corrected chi connectivity index (χ1v) is 7.91. The molecule has 0 aliphatic rings. The number of nitrogens with one attached hydrogen (secondary N) is 1. The molecule has 0 bridgehead atoms. The molecule has 0 aliphatic heterocycles. The molecular weight excluding hydrogens is 292 g/mol. The summed E-state index contributed by atoms with van der Waals surface area (Å²) in [4.78, 5) is 11.0. The number of benzene rings is 1. The highest BCUT2D eigenvalue weighted by Crippen LogP contribution is 2.25. The Morgan fingerprint density at radius 2 is 1.95 bits per heavy atom. The lowest BCUT2D eigenvalue weighted by atomic mass is 10.2. The van der Waals surface area contributed by atoms with E-state index in [1.807, 2.05) is 0 Å². The molecule has 1 aromatic carbocycles. The molecule has 0 saturated heterocycles. The molecule has 0 saturated carbocycles. The van der Waals surface area contributed by atoms with Crippen LogP contribution >= 0.6 is 0 Å². The number of hydrogen-bond acceptors (Lipinski definition) is 5. The number of H-pyrrole nitrogens is 1. The molecule has 2 aromatic rings. The van der Waals surface area contributed by atoms with E-state index in [0.29, 0.717) is 17.0 Å². The molecule has 0 amide bonds. The van der Waals surface area contributed by atoms with Gasteiger partial charge in [0.05, 0.1) is 12.8 Å². The highest BCUT2D eigenvalue weighted by Gasteiger charge is 2.14. The maximum absolute atomic E-state index is 11.7. The molecule has 0 atom stereocenters. The summed E-state index contributed by atoms with van der Waals surface area (Å²) in [5, 5.41) is 6.15. The molecule has 1 heterocycles. The lowest BCUT2D eigenvalue weighted by molar-refractivity contribution is 0.403.